The average Bonchev–Trinajstić information content (AvgIpc) is 2.40. The van der Waals surface area contributed by atoms with E-state index in [1.165, 1.54) is 5.69 Å². The van der Waals surface area contributed by atoms with E-state index < -0.39 is 0 Å². The molecule has 0 radical (unpaired) electrons. The topological polar surface area (TPSA) is 32.5 Å². The summed E-state index contributed by atoms with van der Waals surface area (Å²) in [6.45, 7) is 9.86. The predicted octanol–water partition coefficient (Wildman–Crippen LogP) is 1.32. The van der Waals surface area contributed by atoms with Crippen molar-refractivity contribution < 1.29 is 0 Å². The van der Waals surface area contributed by atoms with Gasteiger partial charge in [-0.15, -0.1) is 0 Å². The third kappa shape index (κ3) is 3.32. The first-order valence-electron chi connectivity index (χ1n) is 6.18. The van der Waals surface area contributed by atoms with E-state index >= 15 is 0 Å². The van der Waals surface area contributed by atoms with Crippen LogP contribution in [0.3, 0.4) is 0 Å². The maximum Gasteiger partial charge on any atom is 0.0367 e. The van der Waals surface area contributed by atoms with Gasteiger partial charge in [-0.3, -0.25) is 4.90 Å². The average molecular weight is 231 g/mol. The fourth-order valence-corrected chi connectivity index (χ4v) is 2.18. The molecule has 2 N–H and O–H groups in total. The van der Waals surface area contributed by atoms with Gasteiger partial charge in [0, 0.05) is 45.0 Å². The second-order valence-electron chi connectivity index (χ2n) is 4.55. The summed E-state index contributed by atoms with van der Waals surface area (Å²) < 4.78 is 0. The lowest BCUT2D eigenvalue weighted by molar-refractivity contribution is 0.277. The van der Waals surface area contributed by atoms with E-state index in [0.717, 1.165) is 38.3 Å². The number of nitrogens with zero attached hydrogens (tertiary/aromatic N) is 2. The lowest BCUT2D eigenvalue weighted by Crippen LogP contribution is -2.47. The third-order valence-corrected chi connectivity index (χ3v) is 3.23. The molecule has 1 aliphatic heterocycles. The highest BCUT2D eigenvalue weighted by Crippen LogP contribution is 2.15. The van der Waals surface area contributed by atoms with Crippen molar-refractivity contribution in [2.45, 2.75) is 0 Å². The standard InChI is InChI=1S/C14H21N3/c1-13(11-15)12-16-7-9-17(10-8-16)14-5-3-2-4-6-14/h2-6H,1,7-12,15H2. The van der Waals surface area contributed by atoms with Gasteiger partial charge in [0.05, 0.1) is 0 Å². The Kier molecular flexibility index (Phi) is 4.18. The zero-order chi connectivity index (χ0) is 12.1. The van der Waals surface area contributed by atoms with Crippen LogP contribution >= 0.6 is 0 Å². The van der Waals surface area contributed by atoms with E-state index in [0.29, 0.717) is 6.54 Å². The quantitative estimate of drug-likeness (QED) is 0.793. The Morgan fingerprint density at radius 3 is 2.35 bits per heavy atom. The van der Waals surface area contributed by atoms with Crippen molar-refractivity contribution in [3.8, 4) is 0 Å². The van der Waals surface area contributed by atoms with Crippen LogP contribution in [0.15, 0.2) is 42.5 Å². The molecule has 2 rings (SSSR count). The molecule has 92 valence electrons. The smallest absolute Gasteiger partial charge is 0.0367 e. The SMILES string of the molecule is C=C(CN)CN1CCN(c2ccccc2)CC1. The predicted molar refractivity (Wildman–Crippen MR) is 73.3 cm³/mol. The van der Waals surface area contributed by atoms with Gasteiger partial charge in [-0.1, -0.05) is 24.8 Å². The normalized spacial score (nSPS) is 17.1. The van der Waals surface area contributed by atoms with Crippen LogP contribution in [0.5, 0.6) is 0 Å². The molecule has 3 nitrogen and oxygen atoms in total. The molecule has 1 heterocycles. The highest BCUT2D eigenvalue weighted by atomic mass is 15.3. The summed E-state index contributed by atoms with van der Waals surface area (Å²) in [6, 6.07) is 10.6. The van der Waals surface area contributed by atoms with E-state index in [2.05, 4.69) is 46.7 Å². The molecule has 17 heavy (non-hydrogen) atoms. The summed E-state index contributed by atoms with van der Waals surface area (Å²) in [4.78, 5) is 4.86. The van der Waals surface area contributed by atoms with Crippen molar-refractivity contribution in [2.75, 3.05) is 44.2 Å². The fourth-order valence-electron chi connectivity index (χ4n) is 2.18. The minimum Gasteiger partial charge on any atom is -0.369 e. The van der Waals surface area contributed by atoms with Crippen LogP contribution in [0.2, 0.25) is 0 Å². The molecular weight excluding hydrogens is 210 g/mol. The summed E-state index contributed by atoms with van der Waals surface area (Å²) in [6.07, 6.45) is 0. The Morgan fingerprint density at radius 2 is 1.76 bits per heavy atom. The van der Waals surface area contributed by atoms with Crippen LogP contribution in [0.1, 0.15) is 0 Å². The maximum absolute atomic E-state index is 5.57. The molecule has 0 unspecified atom stereocenters. The van der Waals surface area contributed by atoms with Crippen molar-refractivity contribution in [3.63, 3.8) is 0 Å². The van der Waals surface area contributed by atoms with Crippen molar-refractivity contribution >= 4 is 5.69 Å². The number of anilines is 1. The zero-order valence-corrected chi connectivity index (χ0v) is 10.3. The van der Waals surface area contributed by atoms with E-state index in [4.69, 9.17) is 5.73 Å². The van der Waals surface area contributed by atoms with Crippen LogP contribution in [-0.2, 0) is 0 Å². The lowest BCUT2D eigenvalue weighted by atomic mass is 10.2. The Hall–Kier alpha value is -1.32. The van der Waals surface area contributed by atoms with E-state index in [1.54, 1.807) is 0 Å². The number of rotatable bonds is 4. The summed E-state index contributed by atoms with van der Waals surface area (Å²) in [7, 11) is 0. The monoisotopic (exact) mass is 231 g/mol. The van der Waals surface area contributed by atoms with Crippen molar-refractivity contribution in [2.24, 2.45) is 5.73 Å². The van der Waals surface area contributed by atoms with E-state index in [-0.39, 0.29) is 0 Å². The molecule has 0 atom stereocenters. The first-order valence-corrected chi connectivity index (χ1v) is 6.18. The fraction of sp³-hybridized carbons (Fsp3) is 0.429. The lowest BCUT2D eigenvalue weighted by Gasteiger charge is -2.36. The van der Waals surface area contributed by atoms with Gasteiger partial charge in [0.1, 0.15) is 0 Å². The van der Waals surface area contributed by atoms with Crippen LogP contribution in [0.4, 0.5) is 5.69 Å². The molecule has 0 bridgehead atoms. The Morgan fingerprint density at radius 1 is 1.12 bits per heavy atom. The van der Waals surface area contributed by atoms with Crippen molar-refractivity contribution in [1.29, 1.82) is 0 Å². The highest BCUT2D eigenvalue weighted by molar-refractivity contribution is 5.46. The highest BCUT2D eigenvalue weighted by Gasteiger charge is 2.16. The van der Waals surface area contributed by atoms with Crippen LogP contribution in [-0.4, -0.2) is 44.2 Å². The number of nitrogens with two attached hydrogens (primary N) is 1. The molecule has 1 aliphatic rings. The molecule has 0 amide bonds. The number of hydrogen-bond acceptors (Lipinski definition) is 3. The summed E-state index contributed by atoms with van der Waals surface area (Å²) in [5.74, 6) is 0. The van der Waals surface area contributed by atoms with Gasteiger partial charge in [-0.2, -0.15) is 0 Å². The van der Waals surface area contributed by atoms with Gasteiger partial charge in [0.25, 0.3) is 0 Å². The van der Waals surface area contributed by atoms with Crippen molar-refractivity contribution in [3.05, 3.63) is 42.5 Å². The number of para-hydroxylation sites is 1. The van der Waals surface area contributed by atoms with Gasteiger partial charge < -0.3 is 10.6 Å². The van der Waals surface area contributed by atoms with Gasteiger partial charge in [0.2, 0.25) is 0 Å². The molecule has 1 fully saturated rings. The van der Waals surface area contributed by atoms with Crippen LogP contribution in [0.25, 0.3) is 0 Å². The minimum absolute atomic E-state index is 0.596. The van der Waals surface area contributed by atoms with Crippen molar-refractivity contribution in [1.82, 2.24) is 4.90 Å². The van der Waals surface area contributed by atoms with E-state index in [9.17, 15) is 0 Å². The number of piperazine rings is 1. The molecule has 1 saturated heterocycles. The van der Waals surface area contributed by atoms with Crippen LogP contribution < -0.4 is 10.6 Å². The van der Waals surface area contributed by atoms with Crippen LogP contribution in [0, 0.1) is 0 Å². The summed E-state index contributed by atoms with van der Waals surface area (Å²) >= 11 is 0. The molecule has 1 aromatic carbocycles. The number of benzene rings is 1. The van der Waals surface area contributed by atoms with Gasteiger partial charge in [-0.05, 0) is 17.7 Å². The summed E-state index contributed by atoms with van der Waals surface area (Å²) in [5.41, 5.74) is 8.02. The summed E-state index contributed by atoms with van der Waals surface area (Å²) in [5, 5.41) is 0. The van der Waals surface area contributed by atoms with Gasteiger partial charge in [0.15, 0.2) is 0 Å². The second kappa shape index (κ2) is 5.84. The molecule has 0 spiro atoms. The number of hydrogen-bond donors (Lipinski definition) is 1. The molecular formula is C14H21N3. The minimum atomic E-state index is 0.596. The third-order valence-electron chi connectivity index (χ3n) is 3.23. The van der Waals surface area contributed by atoms with Gasteiger partial charge in [-0.25, -0.2) is 0 Å². The Bertz CT molecular complexity index is 353. The largest absolute Gasteiger partial charge is 0.369 e. The molecule has 1 aromatic rings. The Balaban J connectivity index is 1.84. The zero-order valence-electron chi connectivity index (χ0n) is 10.3. The second-order valence-corrected chi connectivity index (χ2v) is 4.55. The molecule has 0 saturated carbocycles. The molecule has 3 heteroatoms. The Labute approximate surface area is 104 Å². The molecule has 0 aromatic heterocycles. The first-order chi connectivity index (χ1) is 8.29. The molecule has 0 aliphatic carbocycles. The first kappa shape index (κ1) is 12.1. The van der Waals surface area contributed by atoms with Gasteiger partial charge >= 0.3 is 0 Å². The maximum atomic E-state index is 5.57. The van der Waals surface area contributed by atoms with E-state index in [1.807, 2.05) is 0 Å².